The van der Waals surface area contributed by atoms with E-state index in [0.29, 0.717) is 24.2 Å². The van der Waals surface area contributed by atoms with Crippen molar-refractivity contribution < 1.29 is 18.0 Å². The average molecular weight is 282 g/mol. The van der Waals surface area contributed by atoms with E-state index in [0.717, 1.165) is 24.1 Å². The maximum absolute atomic E-state index is 12.5. The van der Waals surface area contributed by atoms with E-state index in [1.165, 1.54) is 12.1 Å². The lowest BCUT2D eigenvalue weighted by atomic mass is 10.1. The molecule has 3 nitrogen and oxygen atoms in total. The predicted molar refractivity (Wildman–Crippen MR) is 68.1 cm³/mol. The molecule has 0 aliphatic heterocycles. The first kappa shape index (κ1) is 14.3. The van der Waals surface area contributed by atoms with Crippen LogP contribution in [0.1, 0.15) is 17.7 Å². The Bertz CT molecular complexity index is 600. The van der Waals surface area contributed by atoms with E-state index in [-0.39, 0.29) is 0 Å². The summed E-state index contributed by atoms with van der Waals surface area (Å²) in [6, 6.07) is 4.89. The van der Waals surface area contributed by atoms with Gasteiger partial charge < -0.3 is 9.36 Å². The Labute approximate surface area is 114 Å². The summed E-state index contributed by atoms with van der Waals surface area (Å²) in [4.78, 5) is 14.6. The summed E-state index contributed by atoms with van der Waals surface area (Å²) in [6.45, 7) is 2.34. The maximum Gasteiger partial charge on any atom is 0.416 e. The van der Waals surface area contributed by atoms with Gasteiger partial charge in [0.15, 0.2) is 0 Å². The SMILES string of the molecule is Cc1c(-c2ccc(C(F)(F)F)cc2)ncn1CCC=O. The second kappa shape index (κ2) is 5.48. The molecule has 0 saturated heterocycles. The highest BCUT2D eigenvalue weighted by Gasteiger charge is 2.30. The zero-order valence-corrected chi connectivity index (χ0v) is 10.8. The molecule has 0 saturated carbocycles. The van der Waals surface area contributed by atoms with Crippen LogP contribution in [0.3, 0.4) is 0 Å². The van der Waals surface area contributed by atoms with Crippen LogP contribution in [-0.2, 0) is 17.5 Å². The van der Waals surface area contributed by atoms with Gasteiger partial charge in [-0.1, -0.05) is 12.1 Å². The number of carbonyl (C=O) groups excluding carboxylic acids is 1. The molecule has 0 atom stereocenters. The van der Waals surface area contributed by atoms with Crippen molar-refractivity contribution in [1.82, 2.24) is 9.55 Å². The minimum Gasteiger partial charge on any atom is -0.334 e. The smallest absolute Gasteiger partial charge is 0.334 e. The summed E-state index contributed by atoms with van der Waals surface area (Å²) in [5, 5.41) is 0. The van der Waals surface area contributed by atoms with Gasteiger partial charge in [0.1, 0.15) is 6.29 Å². The number of hydrogen-bond donors (Lipinski definition) is 0. The van der Waals surface area contributed by atoms with Crippen molar-refractivity contribution in [1.29, 1.82) is 0 Å². The molecule has 1 heterocycles. The summed E-state index contributed by atoms with van der Waals surface area (Å²) >= 11 is 0. The lowest BCUT2D eigenvalue weighted by Gasteiger charge is -2.07. The molecule has 0 amide bonds. The van der Waals surface area contributed by atoms with E-state index in [9.17, 15) is 18.0 Å². The van der Waals surface area contributed by atoms with Gasteiger partial charge >= 0.3 is 6.18 Å². The number of halogens is 3. The standard InChI is InChI=1S/C14H13F3N2O/c1-10-13(18-9-19(10)7-2-8-20)11-3-5-12(6-4-11)14(15,16)17/h3-6,8-9H,2,7H2,1H3. The summed E-state index contributed by atoms with van der Waals surface area (Å²) < 4.78 is 39.3. The minimum atomic E-state index is -4.34. The number of carbonyl (C=O) groups is 1. The van der Waals surface area contributed by atoms with Gasteiger partial charge in [-0.15, -0.1) is 0 Å². The van der Waals surface area contributed by atoms with Gasteiger partial charge in [0.05, 0.1) is 17.6 Å². The van der Waals surface area contributed by atoms with Crippen molar-refractivity contribution in [3.8, 4) is 11.3 Å². The number of aldehydes is 1. The molecule has 0 spiro atoms. The van der Waals surface area contributed by atoms with Crippen molar-refractivity contribution in [2.24, 2.45) is 0 Å². The zero-order chi connectivity index (χ0) is 14.8. The highest BCUT2D eigenvalue weighted by atomic mass is 19.4. The van der Waals surface area contributed by atoms with E-state index in [2.05, 4.69) is 4.98 Å². The number of rotatable bonds is 4. The van der Waals surface area contributed by atoms with Crippen LogP contribution in [0.4, 0.5) is 13.2 Å². The zero-order valence-electron chi connectivity index (χ0n) is 10.8. The normalized spacial score (nSPS) is 11.6. The quantitative estimate of drug-likeness (QED) is 0.805. The first-order chi connectivity index (χ1) is 9.43. The second-order valence-corrected chi connectivity index (χ2v) is 4.40. The third kappa shape index (κ3) is 2.89. The van der Waals surface area contributed by atoms with Crippen molar-refractivity contribution >= 4 is 6.29 Å². The van der Waals surface area contributed by atoms with Crippen molar-refractivity contribution in [2.45, 2.75) is 26.1 Å². The van der Waals surface area contributed by atoms with Crippen LogP contribution >= 0.6 is 0 Å². The van der Waals surface area contributed by atoms with Gasteiger partial charge in [0.2, 0.25) is 0 Å². The molecule has 0 aliphatic rings. The van der Waals surface area contributed by atoms with Gasteiger partial charge in [-0.2, -0.15) is 13.2 Å². The predicted octanol–water partition coefficient (Wildman–Crippen LogP) is 3.47. The number of hydrogen-bond acceptors (Lipinski definition) is 2. The van der Waals surface area contributed by atoms with Crippen LogP contribution in [0.25, 0.3) is 11.3 Å². The fourth-order valence-electron chi connectivity index (χ4n) is 1.96. The maximum atomic E-state index is 12.5. The Kier molecular flexibility index (Phi) is 3.92. The molecule has 2 aromatic rings. The molecule has 106 valence electrons. The molecule has 6 heteroatoms. The van der Waals surface area contributed by atoms with E-state index in [4.69, 9.17) is 0 Å². The molecular weight excluding hydrogens is 269 g/mol. The van der Waals surface area contributed by atoms with Crippen LogP contribution in [0.5, 0.6) is 0 Å². The van der Waals surface area contributed by atoms with Crippen molar-refractivity contribution in [3.05, 3.63) is 41.9 Å². The Hall–Kier alpha value is -2.11. The Morgan fingerprint density at radius 1 is 1.25 bits per heavy atom. The van der Waals surface area contributed by atoms with Crippen LogP contribution in [0.15, 0.2) is 30.6 Å². The second-order valence-electron chi connectivity index (χ2n) is 4.40. The van der Waals surface area contributed by atoms with E-state index >= 15 is 0 Å². The molecule has 0 fully saturated rings. The number of aryl methyl sites for hydroxylation is 1. The summed E-state index contributed by atoms with van der Waals surface area (Å²) in [6.07, 6.45) is -1.55. The fourth-order valence-corrected chi connectivity index (χ4v) is 1.96. The lowest BCUT2D eigenvalue weighted by molar-refractivity contribution is -0.137. The van der Waals surface area contributed by atoms with Crippen LogP contribution in [-0.4, -0.2) is 15.8 Å². The molecule has 1 aromatic carbocycles. The first-order valence-corrected chi connectivity index (χ1v) is 6.06. The van der Waals surface area contributed by atoms with Gasteiger partial charge in [0, 0.05) is 24.2 Å². The Morgan fingerprint density at radius 2 is 1.90 bits per heavy atom. The van der Waals surface area contributed by atoms with E-state index < -0.39 is 11.7 Å². The number of nitrogens with zero attached hydrogens (tertiary/aromatic N) is 2. The fraction of sp³-hybridized carbons (Fsp3) is 0.286. The molecule has 1 aromatic heterocycles. The van der Waals surface area contributed by atoms with Crippen LogP contribution in [0.2, 0.25) is 0 Å². The third-order valence-electron chi connectivity index (χ3n) is 3.07. The van der Waals surface area contributed by atoms with Crippen LogP contribution in [0, 0.1) is 6.92 Å². The number of alkyl halides is 3. The van der Waals surface area contributed by atoms with Gasteiger partial charge in [-0.3, -0.25) is 0 Å². The molecule has 0 bridgehead atoms. The summed E-state index contributed by atoms with van der Waals surface area (Å²) in [5.41, 5.74) is 1.40. The molecule has 0 aliphatic carbocycles. The van der Waals surface area contributed by atoms with E-state index in [1.807, 2.05) is 6.92 Å². The molecule has 0 N–H and O–H groups in total. The third-order valence-corrected chi connectivity index (χ3v) is 3.07. The van der Waals surface area contributed by atoms with Gasteiger partial charge in [0.25, 0.3) is 0 Å². The molecule has 0 unspecified atom stereocenters. The number of aromatic nitrogens is 2. The molecule has 2 rings (SSSR count). The molecule has 20 heavy (non-hydrogen) atoms. The summed E-state index contributed by atoms with van der Waals surface area (Å²) in [5.74, 6) is 0. The van der Waals surface area contributed by atoms with Crippen molar-refractivity contribution in [2.75, 3.05) is 0 Å². The summed E-state index contributed by atoms with van der Waals surface area (Å²) in [7, 11) is 0. The highest BCUT2D eigenvalue weighted by molar-refractivity contribution is 5.62. The molecular formula is C14H13F3N2O. The number of imidazole rings is 1. The number of benzene rings is 1. The topological polar surface area (TPSA) is 34.9 Å². The molecule has 0 radical (unpaired) electrons. The van der Waals surface area contributed by atoms with E-state index in [1.54, 1.807) is 10.9 Å². The van der Waals surface area contributed by atoms with Gasteiger partial charge in [-0.25, -0.2) is 4.98 Å². The Morgan fingerprint density at radius 3 is 2.45 bits per heavy atom. The van der Waals surface area contributed by atoms with Gasteiger partial charge in [-0.05, 0) is 19.1 Å². The largest absolute Gasteiger partial charge is 0.416 e. The minimum absolute atomic E-state index is 0.379. The average Bonchev–Trinajstić information content (AvgIpc) is 2.77. The lowest BCUT2D eigenvalue weighted by Crippen LogP contribution is -2.04. The van der Waals surface area contributed by atoms with Crippen LogP contribution < -0.4 is 0 Å². The monoisotopic (exact) mass is 282 g/mol. The van der Waals surface area contributed by atoms with Crippen molar-refractivity contribution in [3.63, 3.8) is 0 Å². The Balaban J connectivity index is 2.28. The first-order valence-electron chi connectivity index (χ1n) is 6.06. The highest BCUT2D eigenvalue weighted by Crippen LogP contribution is 2.31.